The van der Waals surface area contributed by atoms with Gasteiger partial charge in [0.1, 0.15) is 5.78 Å². The summed E-state index contributed by atoms with van der Waals surface area (Å²) in [5.41, 5.74) is -1.13. The molecule has 2 aromatic carbocycles. The average Bonchev–Trinajstić information content (AvgIpc) is 2.67. The maximum atomic E-state index is 13.6. The van der Waals surface area contributed by atoms with E-state index in [2.05, 4.69) is 0 Å². The lowest BCUT2D eigenvalue weighted by Gasteiger charge is -2.13. The van der Waals surface area contributed by atoms with Gasteiger partial charge in [-0.05, 0) is 60.5 Å². The summed E-state index contributed by atoms with van der Waals surface area (Å²) in [6.45, 7) is 1.57. The molecule has 0 saturated carbocycles. The van der Waals surface area contributed by atoms with Gasteiger partial charge in [-0.1, -0.05) is 23.2 Å². The number of aryl methyl sites for hydroxylation is 1. The van der Waals surface area contributed by atoms with Crippen molar-refractivity contribution in [2.75, 3.05) is 5.75 Å². The predicted molar refractivity (Wildman–Crippen MR) is 117 cm³/mol. The first-order valence-corrected chi connectivity index (χ1v) is 11.0. The molecular formula is C22H16Cl2F6O2S. The largest absolute Gasteiger partial charge is 0.417 e. The Morgan fingerprint density at radius 3 is 2.06 bits per heavy atom. The smallest absolute Gasteiger partial charge is 0.299 e. The molecule has 11 heteroatoms. The second-order valence-corrected chi connectivity index (χ2v) is 8.89. The van der Waals surface area contributed by atoms with Crippen LogP contribution in [0.4, 0.5) is 26.3 Å². The van der Waals surface area contributed by atoms with Crippen molar-refractivity contribution in [3.63, 3.8) is 0 Å². The van der Waals surface area contributed by atoms with E-state index in [-0.39, 0.29) is 26.9 Å². The molecule has 2 rings (SSSR count). The van der Waals surface area contributed by atoms with E-state index in [1.807, 2.05) is 0 Å². The van der Waals surface area contributed by atoms with Gasteiger partial charge in [0.15, 0.2) is 5.78 Å². The number of halogens is 8. The number of ketones is 2. The van der Waals surface area contributed by atoms with Crippen molar-refractivity contribution < 1.29 is 35.9 Å². The zero-order valence-electron chi connectivity index (χ0n) is 16.9. The van der Waals surface area contributed by atoms with Crippen molar-refractivity contribution in [2.45, 2.75) is 37.0 Å². The highest BCUT2D eigenvalue weighted by Crippen LogP contribution is 2.36. The van der Waals surface area contributed by atoms with E-state index in [0.29, 0.717) is 16.5 Å². The van der Waals surface area contributed by atoms with Crippen LogP contribution in [0, 0.1) is 6.92 Å². The van der Waals surface area contributed by atoms with E-state index < -0.39 is 42.3 Å². The highest BCUT2D eigenvalue weighted by atomic mass is 35.5. The minimum Gasteiger partial charge on any atom is -0.299 e. The molecule has 0 aliphatic heterocycles. The number of benzene rings is 2. The summed E-state index contributed by atoms with van der Waals surface area (Å²) < 4.78 is 77.4. The second kappa shape index (κ2) is 11.0. The fraction of sp³-hybridized carbons (Fsp3) is 0.273. The van der Waals surface area contributed by atoms with Crippen molar-refractivity contribution in [1.82, 2.24) is 0 Å². The summed E-state index contributed by atoms with van der Waals surface area (Å²) in [5.74, 6) is -1.70. The molecule has 0 unspecified atom stereocenters. The van der Waals surface area contributed by atoms with Gasteiger partial charge in [0.05, 0.1) is 17.7 Å². The maximum absolute atomic E-state index is 13.6. The minimum atomic E-state index is -4.86. The Hall–Kier alpha value is -1.97. The van der Waals surface area contributed by atoms with E-state index >= 15 is 0 Å². The second-order valence-electron chi connectivity index (χ2n) is 7.00. The van der Waals surface area contributed by atoms with Crippen molar-refractivity contribution >= 4 is 52.1 Å². The number of carbonyl (C=O) groups is 2. The van der Waals surface area contributed by atoms with Crippen LogP contribution in [0.25, 0.3) is 5.57 Å². The molecule has 0 N–H and O–H groups in total. The molecule has 0 amide bonds. The topological polar surface area (TPSA) is 34.1 Å². The lowest BCUT2D eigenvalue weighted by Crippen LogP contribution is -2.13. The lowest BCUT2D eigenvalue weighted by atomic mass is 10.0. The fourth-order valence-corrected chi connectivity index (χ4v) is 4.17. The number of hydrogen-bond acceptors (Lipinski definition) is 3. The van der Waals surface area contributed by atoms with E-state index in [9.17, 15) is 35.9 Å². The Morgan fingerprint density at radius 1 is 0.939 bits per heavy atom. The Morgan fingerprint density at radius 2 is 1.55 bits per heavy atom. The molecule has 178 valence electrons. The quantitative estimate of drug-likeness (QED) is 0.150. The molecule has 0 radical (unpaired) electrons. The van der Waals surface area contributed by atoms with Crippen molar-refractivity contribution in [1.29, 1.82) is 0 Å². The Labute approximate surface area is 199 Å². The van der Waals surface area contributed by atoms with E-state index in [4.69, 9.17) is 23.2 Å². The number of thioether (sulfide) groups is 1. The molecule has 0 heterocycles. The van der Waals surface area contributed by atoms with Gasteiger partial charge in [0, 0.05) is 26.9 Å². The summed E-state index contributed by atoms with van der Waals surface area (Å²) >= 11 is 12.6. The molecule has 33 heavy (non-hydrogen) atoms. The van der Waals surface area contributed by atoms with Gasteiger partial charge < -0.3 is 0 Å². The summed E-state index contributed by atoms with van der Waals surface area (Å²) in [6, 6.07) is 7.41. The van der Waals surface area contributed by atoms with Crippen LogP contribution < -0.4 is 0 Å². The molecule has 0 aliphatic carbocycles. The summed E-state index contributed by atoms with van der Waals surface area (Å²) in [6.07, 6.45) is -10.7. The third-order valence-corrected chi connectivity index (χ3v) is 5.96. The van der Waals surface area contributed by atoms with Crippen LogP contribution in [-0.2, 0) is 4.79 Å². The highest BCUT2D eigenvalue weighted by molar-refractivity contribution is 8.00. The van der Waals surface area contributed by atoms with Gasteiger partial charge in [-0.25, -0.2) is 0 Å². The monoisotopic (exact) mass is 528 g/mol. The van der Waals surface area contributed by atoms with Gasteiger partial charge in [-0.2, -0.15) is 26.3 Å². The lowest BCUT2D eigenvalue weighted by molar-refractivity contribution is -0.142. The van der Waals surface area contributed by atoms with Crippen LogP contribution in [0.2, 0.25) is 10.0 Å². The van der Waals surface area contributed by atoms with Crippen LogP contribution in [0.5, 0.6) is 0 Å². The molecule has 0 saturated heterocycles. The molecule has 2 aromatic rings. The number of Topliss-reactive ketones (excluding diaryl/α,β-unsaturated/α-hetero) is 1. The summed E-state index contributed by atoms with van der Waals surface area (Å²) in [4.78, 5) is 24.7. The van der Waals surface area contributed by atoms with Crippen LogP contribution >= 0.6 is 35.0 Å². The Bertz CT molecular complexity index is 1060. The first-order valence-electron chi connectivity index (χ1n) is 9.27. The number of alkyl halides is 6. The molecule has 2 nitrogen and oxygen atoms in total. The molecule has 0 aromatic heterocycles. The molecule has 0 fully saturated rings. The Balaban J connectivity index is 2.21. The van der Waals surface area contributed by atoms with Crippen LogP contribution in [0.1, 0.15) is 34.3 Å². The van der Waals surface area contributed by atoms with Crippen LogP contribution in [0.15, 0.2) is 47.4 Å². The van der Waals surface area contributed by atoms with Crippen molar-refractivity contribution in [3.05, 3.63) is 69.2 Å². The first kappa shape index (κ1) is 27.3. The number of hydrogen-bond donors (Lipinski definition) is 0. The molecule has 0 aliphatic rings. The van der Waals surface area contributed by atoms with Gasteiger partial charge in [0.2, 0.25) is 0 Å². The van der Waals surface area contributed by atoms with Crippen molar-refractivity contribution in [2.24, 2.45) is 0 Å². The molecular weight excluding hydrogens is 513 g/mol. The van der Waals surface area contributed by atoms with Gasteiger partial charge in [-0.3, -0.25) is 9.59 Å². The van der Waals surface area contributed by atoms with Crippen LogP contribution in [-0.4, -0.2) is 29.7 Å². The van der Waals surface area contributed by atoms with Crippen LogP contribution in [0.3, 0.4) is 0 Å². The van der Waals surface area contributed by atoms with Gasteiger partial charge in [-0.15, -0.1) is 11.8 Å². The number of rotatable bonds is 8. The standard InChI is InChI=1S/C22H16Cl2F6O2S/c1-12-6-13(2-3-20(12)33-11-17(31)4-5-21(25,26)27)19(32)10-18(22(28,29)30)14-7-15(23)9-16(24)8-14/h2-3,6-10H,4-5,11H2,1H3/b18-10+. The van der Waals surface area contributed by atoms with E-state index in [1.165, 1.54) is 24.3 Å². The van der Waals surface area contributed by atoms with E-state index in [1.54, 1.807) is 6.92 Å². The number of allylic oxidation sites excluding steroid dienone is 2. The highest BCUT2D eigenvalue weighted by Gasteiger charge is 2.35. The first-order chi connectivity index (χ1) is 15.2. The zero-order chi connectivity index (χ0) is 25.0. The minimum absolute atomic E-state index is 0.0258. The third-order valence-electron chi connectivity index (χ3n) is 4.29. The maximum Gasteiger partial charge on any atom is 0.417 e. The average molecular weight is 529 g/mol. The predicted octanol–water partition coefficient (Wildman–Crippen LogP) is 8.13. The SMILES string of the molecule is Cc1cc(C(=O)/C=C(\c2cc(Cl)cc(Cl)c2)C(F)(F)F)ccc1SCC(=O)CCC(F)(F)F. The van der Waals surface area contributed by atoms with Gasteiger partial charge >= 0.3 is 12.4 Å². The summed E-state index contributed by atoms with van der Waals surface area (Å²) in [5, 5.41) is -0.0517. The normalized spacial score (nSPS) is 12.7. The fourth-order valence-electron chi connectivity index (χ4n) is 2.73. The third kappa shape index (κ3) is 8.72. The molecule has 0 bridgehead atoms. The van der Waals surface area contributed by atoms with Crippen molar-refractivity contribution in [3.8, 4) is 0 Å². The molecule has 0 spiro atoms. The van der Waals surface area contributed by atoms with Gasteiger partial charge in [0.25, 0.3) is 0 Å². The summed E-state index contributed by atoms with van der Waals surface area (Å²) in [7, 11) is 0. The van der Waals surface area contributed by atoms with E-state index in [0.717, 1.165) is 23.9 Å². The molecule has 0 atom stereocenters. The zero-order valence-corrected chi connectivity index (χ0v) is 19.2. The number of carbonyl (C=O) groups excluding carboxylic acids is 2. The Kier molecular flexibility index (Phi) is 9.07.